The third kappa shape index (κ3) is 4.95. The van der Waals surface area contributed by atoms with Crippen LogP contribution in [-0.4, -0.2) is 31.6 Å². The monoisotopic (exact) mass is 441 g/mol. The van der Waals surface area contributed by atoms with Gasteiger partial charge in [-0.15, -0.1) is 0 Å². The Labute approximate surface area is 183 Å². The first kappa shape index (κ1) is 22.6. The third-order valence-electron chi connectivity index (χ3n) is 5.17. The lowest BCUT2D eigenvalue weighted by atomic mass is 9.79. The summed E-state index contributed by atoms with van der Waals surface area (Å²) in [5.74, 6) is 0.697. The highest BCUT2D eigenvalue weighted by atomic mass is 32.2. The summed E-state index contributed by atoms with van der Waals surface area (Å²) in [7, 11) is -3.83. The van der Waals surface area contributed by atoms with Gasteiger partial charge in [-0.25, -0.2) is 13.1 Å². The first-order valence-electron chi connectivity index (χ1n) is 9.79. The zero-order valence-corrected chi connectivity index (χ0v) is 18.8. The Kier molecular flexibility index (Phi) is 7.36. The van der Waals surface area contributed by atoms with Gasteiger partial charge in [-0.2, -0.15) is 11.8 Å². The molecule has 158 valence electrons. The summed E-state index contributed by atoms with van der Waals surface area (Å²) in [6.07, 6.45) is 2.43. The van der Waals surface area contributed by atoms with Gasteiger partial charge in [-0.05, 0) is 48.6 Å². The zero-order chi connectivity index (χ0) is 21.6. The van der Waals surface area contributed by atoms with Gasteiger partial charge in [0.1, 0.15) is 5.60 Å². The number of nitrogens with one attached hydrogen (secondary N) is 1. The van der Waals surface area contributed by atoms with E-state index >= 15 is 0 Å². The summed E-state index contributed by atoms with van der Waals surface area (Å²) >= 11 is 1.61. The van der Waals surface area contributed by atoms with Crippen LogP contribution >= 0.6 is 11.8 Å². The number of rotatable bonds is 9. The number of hydrogen-bond acceptors (Lipinski definition) is 4. The van der Waals surface area contributed by atoms with E-state index in [1.54, 1.807) is 36.0 Å². The van der Waals surface area contributed by atoms with Crippen LogP contribution in [0.1, 0.15) is 23.1 Å². The average molecular weight is 442 g/mol. The van der Waals surface area contributed by atoms with Crippen LogP contribution in [0.3, 0.4) is 0 Å². The predicted octanol–water partition coefficient (Wildman–Crippen LogP) is 4.33. The molecule has 0 radical (unpaired) electrons. The van der Waals surface area contributed by atoms with Crippen molar-refractivity contribution in [3.8, 4) is 0 Å². The molecule has 0 saturated heterocycles. The summed E-state index contributed by atoms with van der Waals surface area (Å²) in [6.45, 7) is 1.91. The SMILES string of the molecule is CSCC[C@H](NS(=O)(=O)c1ccc(C)cc1)C(O)(c1ccccc1)c1ccccc1. The fourth-order valence-corrected chi connectivity index (χ4v) is 5.28. The van der Waals surface area contributed by atoms with Crippen molar-refractivity contribution in [1.29, 1.82) is 0 Å². The Morgan fingerprint density at radius 3 is 1.87 bits per heavy atom. The minimum Gasteiger partial charge on any atom is -0.379 e. The lowest BCUT2D eigenvalue weighted by molar-refractivity contribution is 0.0444. The number of aryl methyl sites for hydroxylation is 1. The molecule has 0 saturated carbocycles. The van der Waals surface area contributed by atoms with Crippen molar-refractivity contribution in [2.45, 2.75) is 29.9 Å². The van der Waals surface area contributed by atoms with Crippen LogP contribution in [0.4, 0.5) is 0 Å². The highest BCUT2D eigenvalue weighted by Crippen LogP contribution is 2.35. The molecule has 4 nitrogen and oxygen atoms in total. The molecular formula is C24H27NO3S2. The minimum atomic E-state index is -3.83. The molecule has 0 bridgehead atoms. The molecule has 0 fully saturated rings. The lowest BCUT2D eigenvalue weighted by Gasteiger charge is -2.37. The maximum absolute atomic E-state index is 13.2. The summed E-state index contributed by atoms with van der Waals surface area (Å²) in [5, 5.41) is 12.1. The van der Waals surface area contributed by atoms with Crippen LogP contribution in [0, 0.1) is 6.92 Å². The number of aliphatic hydroxyl groups is 1. The van der Waals surface area contributed by atoms with E-state index in [1.165, 1.54) is 0 Å². The van der Waals surface area contributed by atoms with Gasteiger partial charge in [0.25, 0.3) is 0 Å². The van der Waals surface area contributed by atoms with Crippen LogP contribution in [-0.2, 0) is 15.6 Å². The molecule has 0 aliphatic heterocycles. The molecule has 3 aromatic rings. The number of benzene rings is 3. The molecule has 0 aliphatic rings. The van der Waals surface area contributed by atoms with Gasteiger partial charge >= 0.3 is 0 Å². The minimum absolute atomic E-state index is 0.186. The zero-order valence-electron chi connectivity index (χ0n) is 17.2. The van der Waals surface area contributed by atoms with Crippen molar-refractivity contribution in [3.05, 3.63) is 102 Å². The van der Waals surface area contributed by atoms with Crippen LogP contribution < -0.4 is 4.72 Å². The largest absolute Gasteiger partial charge is 0.379 e. The van der Waals surface area contributed by atoms with E-state index in [1.807, 2.05) is 73.8 Å². The van der Waals surface area contributed by atoms with Crippen molar-refractivity contribution in [3.63, 3.8) is 0 Å². The van der Waals surface area contributed by atoms with Crippen LogP contribution in [0.15, 0.2) is 89.8 Å². The Morgan fingerprint density at radius 1 is 0.900 bits per heavy atom. The molecular weight excluding hydrogens is 414 g/mol. The molecule has 0 aliphatic carbocycles. The number of sulfonamides is 1. The highest BCUT2D eigenvalue weighted by Gasteiger charge is 2.42. The maximum Gasteiger partial charge on any atom is 0.240 e. The van der Waals surface area contributed by atoms with E-state index in [9.17, 15) is 13.5 Å². The standard InChI is InChI=1S/C24H27NO3S2/c1-19-13-15-22(16-14-19)30(27,28)25-23(17-18-29-2)24(26,20-9-5-3-6-10-20)21-11-7-4-8-12-21/h3-16,23,25-26H,17-18H2,1-2H3/t23-/m0/s1. The number of thioether (sulfide) groups is 1. The van der Waals surface area contributed by atoms with Crippen LogP contribution in [0.2, 0.25) is 0 Å². The molecule has 3 aromatic carbocycles. The molecule has 0 amide bonds. The van der Waals surface area contributed by atoms with E-state index in [0.717, 1.165) is 5.56 Å². The first-order valence-corrected chi connectivity index (χ1v) is 12.7. The molecule has 2 N–H and O–H groups in total. The quantitative estimate of drug-likeness (QED) is 0.519. The predicted molar refractivity (Wildman–Crippen MR) is 124 cm³/mol. The van der Waals surface area contributed by atoms with Crippen LogP contribution in [0.5, 0.6) is 0 Å². The van der Waals surface area contributed by atoms with Gasteiger partial charge < -0.3 is 5.11 Å². The second kappa shape index (κ2) is 9.79. The van der Waals surface area contributed by atoms with Gasteiger partial charge in [0, 0.05) is 0 Å². The molecule has 6 heteroatoms. The molecule has 0 spiro atoms. The Morgan fingerprint density at radius 2 is 1.40 bits per heavy atom. The molecule has 0 unspecified atom stereocenters. The highest BCUT2D eigenvalue weighted by molar-refractivity contribution is 7.98. The lowest BCUT2D eigenvalue weighted by Crippen LogP contribution is -2.51. The Hall–Kier alpha value is -2.12. The third-order valence-corrected chi connectivity index (χ3v) is 7.30. The smallest absolute Gasteiger partial charge is 0.240 e. The van der Waals surface area contributed by atoms with E-state index in [4.69, 9.17) is 0 Å². The van der Waals surface area contributed by atoms with Crippen molar-refractivity contribution in [1.82, 2.24) is 4.72 Å². The first-order chi connectivity index (χ1) is 14.4. The Bertz CT molecular complexity index is 997. The number of hydrogen-bond donors (Lipinski definition) is 2. The van der Waals surface area contributed by atoms with E-state index < -0.39 is 21.7 Å². The molecule has 0 heterocycles. The summed E-state index contributed by atoms with van der Waals surface area (Å²) < 4.78 is 29.2. The molecule has 3 rings (SSSR count). The van der Waals surface area contributed by atoms with E-state index in [-0.39, 0.29) is 4.90 Å². The summed E-state index contributed by atoms with van der Waals surface area (Å²) in [5.41, 5.74) is 0.761. The molecule has 30 heavy (non-hydrogen) atoms. The topological polar surface area (TPSA) is 66.4 Å². The van der Waals surface area contributed by atoms with E-state index in [2.05, 4.69) is 4.72 Å². The second-order valence-electron chi connectivity index (χ2n) is 7.27. The average Bonchev–Trinajstić information content (AvgIpc) is 2.77. The van der Waals surface area contributed by atoms with Crippen molar-refractivity contribution in [2.75, 3.05) is 12.0 Å². The van der Waals surface area contributed by atoms with E-state index in [0.29, 0.717) is 23.3 Å². The van der Waals surface area contributed by atoms with Gasteiger partial charge in [0.2, 0.25) is 10.0 Å². The Balaban J connectivity index is 2.09. The van der Waals surface area contributed by atoms with Crippen molar-refractivity contribution >= 4 is 21.8 Å². The van der Waals surface area contributed by atoms with Gasteiger partial charge in [0.15, 0.2) is 0 Å². The summed E-state index contributed by atoms with van der Waals surface area (Å²) in [4.78, 5) is 0.186. The molecule has 1 atom stereocenters. The summed E-state index contributed by atoms with van der Waals surface area (Å²) in [6, 6.07) is 24.5. The van der Waals surface area contributed by atoms with Gasteiger partial charge in [-0.1, -0.05) is 78.4 Å². The fraction of sp³-hybridized carbons (Fsp3) is 0.250. The van der Waals surface area contributed by atoms with Crippen molar-refractivity contribution in [2.24, 2.45) is 0 Å². The maximum atomic E-state index is 13.2. The second-order valence-corrected chi connectivity index (χ2v) is 9.97. The van der Waals surface area contributed by atoms with Gasteiger partial charge in [-0.3, -0.25) is 0 Å². The van der Waals surface area contributed by atoms with Gasteiger partial charge in [0.05, 0.1) is 10.9 Å². The normalized spacial score (nSPS) is 13.2. The van der Waals surface area contributed by atoms with Crippen molar-refractivity contribution < 1.29 is 13.5 Å². The fourth-order valence-electron chi connectivity index (χ4n) is 3.52. The van der Waals surface area contributed by atoms with Crippen LogP contribution in [0.25, 0.3) is 0 Å². The molecule has 0 aromatic heterocycles.